The summed E-state index contributed by atoms with van der Waals surface area (Å²) in [5, 5.41) is 15.2. The molecule has 0 fully saturated rings. The fraction of sp³-hybridized carbons (Fsp3) is 0.294. The van der Waals surface area contributed by atoms with Gasteiger partial charge in [-0.15, -0.1) is 11.3 Å². The highest BCUT2D eigenvalue weighted by atomic mass is 35.5. The Morgan fingerprint density at radius 2 is 1.84 bits per heavy atom. The van der Waals surface area contributed by atoms with Gasteiger partial charge in [0.25, 0.3) is 11.6 Å². The van der Waals surface area contributed by atoms with E-state index in [9.17, 15) is 14.9 Å². The lowest BCUT2D eigenvalue weighted by molar-refractivity contribution is -0.384. The number of carbonyl (C=O) groups excluding carboxylic acids is 1. The van der Waals surface area contributed by atoms with Crippen LogP contribution in [0.2, 0.25) is 5.02 Å². The molecule has 1 N–H and O–H groups in total. The first kappa shape index (κ1) is 31.2. The lowest BCUT2D eigenvalue weighted by Gasteiger charge is -2.33. The number of nitrogens with zero attached hydrogens (tertiary/aromatic N) is 2. The largest absolute Gasteiger partial charge is 0.493 e. The van der Waals surface area contributed by atoms with Crippen LogP contribution in [0.4, 0.5) is 16.4 Å². The van der Waals surface area contributed by atoms with Crippen molar-refractivity contribution in [3.63, 3.8) is 0 Å². The number of halogens is 1. The van der Waals surface area contributed by atoms with Crippen molar-refractivity contribution in [1.82, 2.24) is 0 Å². The number of amides is 1. The molecule has 0 spiro atoms. The summed E-state index contributed by atoms with van der Waals surface area (Å²) in [4.78, 5) is 30.2. The van der Waals surface area contributed by atoms with Crippen LogP contribution < -0.4 is 14.8 Å². The van der Waals surface area contributed by atoms with E-state index >= 15 is 0 Å². The van der Waals surface area contributed by atoms with Crippen LogP contribution in [-0.4, -0.2) is 24.2 Å². The van der Waals surface area contributed by atoms with Gasteiger partial charge in [-0.2, -0.15) is 0 Å². The number of rotatable bonds is 9. The van der Waals surface area contributed by atoms with Crippen molar-refractivity contribution >= 4 is 51.4 Å². The van der Waals surface area contributed by atoms with E-state index in [1.165, 1.54) is 17.0 Å². The van der Waals surface area contributed by atoms with Crippen LogP contribution in [0.1, 0.15) is 59.1 Å². The average molecular weight is 632 g/mol. The van der Waals surface area contributed by atoms with Crippen molar-refractivity contribution in [3.8, 4) is 11.5 Å². The van der Waals surface area contributed by atoms with Crippen LogP contribution in [0.5, 0.6) is 11.5 Å². The molecule has 0 unspecified atom stereocenters. The summed E-state index contributed by atoms with van der Waals surface area (Å²) >= 11 is 7.63. The summed E-state index contributed by atoms with van der Waals surface area (Å²) in [6.45, 7) is 7.05. The number of nitro groups is 1. The van der Waals surface area contributed by atoms with Gasteiger partial charge in [0.05, 0.1) is 17.6 Å². The smallest absolute Gasteiger partial charge is 0.269 e. The molecule has 1 aliphatic rings. The van der Waals surface area contributed by atoms with E-state index in [0.29, 0.717) is 38.7 Å². The first-order valence-corrected chi connectivity index (χ1v) is 15.5. The van der Waals surface area contributed by atoms with Gasteiger partial charge < -0.3 is 14.8 Å². The number of fused-ring (bicyclic) bond motifs is 1. The molecule has 1 aromatic heterocycles. The zero-order valence-electron chi connectivity index (χ0n) is 25.1. The standard InChI is InChI=1S/C34H34ClN3O5S/c1-34(2,3)23-8-15-27-30(18-23)44-33(31(27)32(39)37-25-11-9-24(35)10-12-25)36-19-22-7-16-28(29(17-22)42-4)43-20-21-5-13-26(14-6-21)38(40)41/h5-7,9-14,16-17,19,23H,8,15,18,20H2,1-4H3,(H,37,39)/t23-/m0/s1. The lowest BCUT2D eigenvalue weighted by atomic mass is 9.72. The van der Waals surface area contributed by atoms with Crippen molar-refractivity contribution in [1.29, 1.82) is 0 Å². The number of benzene rings is 3. The Kier molecular flexibility index (Phi) is 9.36. The van der Waals surface area contributed by atoms with E-state index < -0.39 is 4.92 Å². The van der Waals surface area contributed by atoms with E-state index in [-0.39, 0.29) is 23.6 Å². The lowest BCUT2D eigenvalue weighted by Crippen LogP contribution is -2.27. The topological polar surface area (TPSA) is 103 Å². The molecule has 4 aromatic rings. The predicted octanol–water partition coefficient (Wildman–Crippen LogP) is 9.05. The third-order valence-corrected chi connectivity index (χ3v) is 9.27. The molecule has 1 atom stereocenters. The third kappa shape index (κ3) is 7.29. The molecular weight excluding hydrogens is 598 g/mol. The quantitative estimate of drug-likeness (QED) is 0.113. The van der Waals surface area contributed by atoms with Crippen molar-refractivity contribution < 1.29 is 19.2 Å². The minimum Gasteiger partial charge on any atom is -0.493 e. The van der Waals surface area contributed by atoms with E-state index in [1.54, 1.807) is 67.1 Å². The number of hydrogen-bond donors (Lipinski definition) is 1. The third-order valence-electron chi connectivity index (χ3n) is 7.86. The molecule has 0 saturated carbocycles. The Hall–Kier alpha value is -4.21. The summed E-state index contributed by atoms with van der Waals surface area (Å²) < 4.78 is 11.5. The Balaban J connectivity index is 1.39. The van der Waals surface area contributed by atoms with Gasteiger partial charge in [-0.25, -0.2) is 4.99 Å². The summed E-state index contributed by atoms with van der Waals surface area (Å²) in [6.07, 6.45) is 4.52. The number of methoxy groups -OCH3 is 1. The number of carbonyl (C=O) groups is 1. The van der Waals surface area contributed by atoms with Crippen LogP contribution in [0.3, 0.4) is 0 Å². The van der Waals surface area contributed by atoms with Crippen LogP contribution in [0, 0.1) is 21.4 Å². The normalized spacial score (nSPS) is 14.7. The van der Waals surface area contributed by atoms with Gasteiger partial charge in [-0.05, 0) is 102 Å². The molecule has 1 heterocycles. The monoisotopic (exact) mass is 631 g/mol. The van der Waals surface area contributed by atoms with Crippen molar-refractivity contribution in [3.05, 3.63) is 109 Å². The molecule has 8 nitrogen and oxygen atoms in total. The highest BCUT2D eigenvalue weighted by Gasteiger charge is 2.33. The van der Waals surface area contributed by atoms with E-state index in [1.807, 2.05) is 12.1 Å². The summed E-state index contributed by atoms with van der Waals surface area (Å²) in [6, 6.07) is 18.8. The number of anilines is 1. The molecule has 0 aliphatic heterocycles. The summed E-state index contributed by atoms with van der Waals surface area (Å²) in [7, 11) is 1.56. The van der Waals surface area contributed by atoms with E-state index in [2.05, 4.69) is 26.1 Å². The molecule has 3 aromatic carbocycles. The van der Waals surface area contributed by atoms with Crippen LogP contribution in [0.25, 0.3) is 0 Å². The molecule has 0 saturated heterocycles. The fourth-order valence-corrected chi connectivity index (χ4v) is 6.65. The van der Waals surface area contributed by atoms with Gasteiger partial charge in [0, 0.05) is 33.9 Å². The van der Waals surface area contributed by atoms with E-state index in [4.69, 9.17) is 26.1 Å². The second-order valence-electron chi connectivity index (χ2n) is 11.8. The molecule has 10 heteroatoms. The molecule has 5 rings (SSSR count). The number of nitro benzene ring substituents is 1. The first-order chi connectivity index (χ1) is 21.0. The number of nitrogens with one attached hydrogen (secondary N) is 1. The molecule has 44 heavy (non-hydrogen) atoms. The van der Waals surface area contributed by atoms with Crippen LogP contribution >= 0.6 is 22.9 Å². The number of thiophene rings is 1. The predicted molar refractivity (Wildman–Crippen MR) is 176 cm³/mol. The van der Waals surface area contributed by atoms with Gasteiger partial charge in [-0.3, -0.25) is 14.9 Å². The SMILES string of the molecule is COc1cc(C=Nc2sc3c(c2C(=O)Nc2ccc(Cl)cc2)CC[C@H](C(C)(C)C)C3)ccc1OCc1ccc([N+](=O)[O-])cc1. The highest BCUT2D eigenvalue weighted by molar-refractivity contribution is 7.16. The molecule has 1 amide bonds. The Morgan fingerprint density at radius 1 is 1.11 bits per heavy atom. The summed E-state index contributed by atoms with van der Waals surface area (Å²) in [5.74, 6) is 1.40. The second-order valence-corrected chi connectivity index (χ2v) is 13.4. The molecule has 228 valence electrons. The maximum atomic E-state index is 13.6. The number of aliphatic imine (C=N–C) groups is 1. The van der Waals surface area contributed by atoms with Crippen molar-refractivity contribution in [2.75, 3.05) is 12.4 Å². The Morgan fingerprint density at radius 3 is 2.50 bits per heavy atom. The average Bonchev–Trinajstić information content (AvgIpc) is 3.38. The zero-order chi connectivity index (χ0) is 31.4. The van der Waals surface area contributed by atoms with Crippen LogP contribution in [-0.2, 0) is 19.4 Å². The number of non-ortho nitro benzene ring substituents is 1. The summed E-state index contributed by atoms with van der Waals surface area (Å²) in [5.41, 5.74) is 4.17. The van der Waals surface area contributed by atoms with Crippen LogP contribution in [0.15, 0.2) is 71.7 Å². The van der Waals surface area contributed by atoms with Gasteiger partial charge in [0.15, 0.2) is 11.5 Å². The Bertz CT molecular complexity index is 1690. The first-order valence-electron chi connectivity index (χ1n) is 14.3. The highest BCUT2D eigenvalue weighted by Crippen LogP contribution is 2.45. The number of hydrogen-bond acceptors (Lipinski definition) is 7. The molecule has 1 aliphatic carbocycles. The van der Waals surface area contributed by atoms with E-state index in [0.717, 1.165) is 36.0 Å². The maximum absolute atomic E-state index is 13.6. The number of ether oxygens (including phenoxy) is 2. The van der Waals surface area contributed by atoms with Crippen molar-refractivity contribution in [2.45, 2.75) is 46.6 Å². The minimum atomic E-state index is -0.434. The van der Waals surface area contributed by atoms with Gasteiger partial charge in [0.2, 0.25) is 0 Å². The second kappa shape index (κ2) is 13.2. The zero-order valence-corrected chi connectivity index (χ0v) is 26.6. The fourth-order valence-electron chi connectivity index (χ4n) is 5.25. The van der Waals surface area contributed by atoms with Gasteiger partial charge >= 0.3 is 0 Å². The maximum Gasteiger partial charge on any atom is 0.269 e. The molecule has 0 radical (unpaired) electrons. The molecular formula is C34H34ClN3O5S. The Labute approximate surface area is 265 Å². The molecule has 0 bridgehead atoms. The van der Waals surface area contributed by atoms with Crippen molar-refractivity contribution in [2.24, 2.45) is 16.3 Å². The van der Waals surface area contributed by atoms with Gasteiger partial charge in [-0.1, -0.05) is 32.4 Å². The van der Waals surface area contributed by atoms with Gasteiger partial charge in [0.1, 0.15) is 11.6 Å². The minimum absolute atomic E-state index is 0.0289.